The van der Waals surface area contributed by atoms with Gasteiger partial charge in [0.1, 0.15) is 11.6 Å². The number of hydrogen-bond donors (Lipinski definition) is 4. The maximum Gasteiger partial charge on any atom is 0.304 e. The SMILES string of the molecule is O=C(O)CC(c1ccc[nH]1)c1c[nH]c2cc(OCCCNc3ccccn3)ccc12. The zero-order valence-corrected chi connectivity index (χ0v) is 16.5. The Bertz CT molecular complexity index is 1090. The molecule has 1 unspecified atom stereocenters. The van der Waals surface area contributed by atoms with Crippen molar-refractivity contribution in [2.75, 3.05) is 18.5 Å². The zero-order chi connectivity index (χ0) is 20.8. The van der Waals surface area contributed by atoms with E-state index in [0.717, 1.165) is 46.7 Å². The molecule has 154 valence electrons. The summed E-state index contributed by atoms with van der Waals surface area (Å²) in [6, 6.07) is 15.4. The standard InChI is InChI=1S/C23H24N4O3/c28-23(29)14-18(20-5-3-10-24-20)19-15-27-21-13-16(7-8-17(19)21)30-12-4-11-26-22-6-1-2-9-25-22/h1-3,5-10,13,15,18,24,27H,4,11-12,14H2,(H,25,26)(H,28,29). The van der Waals surface area contributed by atoms with Crippen molar-refractivity contribution >= 4 is 22.7 Å². The Morgan fingerprint density at radius 1 is 1.17 bits per heavy atom. The van der Waals surface area contributed by atoms with Crippen molar-refractivity contribution in [3.63, 3.8) is 0 Å². The number of aromatic amines is 2. The third-order valence-corrected chi connectivity index (χ3v) is 5.00. The second-order valence-corrected chi connectivity index (χ2v) is 7.07. The second kappa shape index (κ2) is 9.17. The first-order valence-corrected chi connectivity index (χ1v) is 9.94. The first kappa shape index (κ1) is 19.6. The molecule has 7 nitrogen and oxygen atoms in total. The van der Waals surface area contributed by atoms with E-state index in [-0.39, 0.29) is 12.3 Å². The number of anilines is 1. The maximum absolute atomic E-state index is 11.4. The molecule has 30 heavy (non-hydrogen) atoms. The summed E-state index contributed by atoms with van der Waals surface area (Å²) in [5.41, 5.74) is 2.77. The van der Waals surface area contributed by atoms with Gasteiger partial charge in [0, 0.05) is 53.7 Å². The first-order chi connectivity index (χ1) is 14.7. The van der Waals surface area contributed by atoms with Crippen LogP contribution in [0.1, 0.15) is 30.0 Å². The van der Waals surface area contributed by atoms with Crippen LogP contribution in [-0.4, -0.2) is 39.2 Å². The highest BCUT2D eigenvalue weighted by Gasteiger charge is 2.22. The lowest BCUT2D eigenvalue weighted by Crippen LogP contribution is -2.08. The van der Waals surface area contributed by atoms with Gasteiger partial charge in [-0.2, -0.15) is 0 Å². The highest BCUT2D eigenvalue weighted by atomic mass is 16.5. The van der Waals surface area contributed by atoms with Crippen molar-refractivity contribution in [2.45, 2.75) is 18.8 Å². The minimum absolute atomic E-state index is 0.0228. The van der Waals surface area contributed by atoms with Gasteiger partial charge >= 0.3 is 5.97 Å². The number of nitrogens with zero attached hydrogens (tertiary/aromatic N) is 1. The van der Waals surface area contributed by atoms with Crippen LogP contribution >= 0.6 is 0 Å². The van der Waals surface area contributed by atoms with Gasteiger partial charge in [-0.25, -0.2) is 4.98 Å². The van der Waals surface area contributed by atoms with E-state index in [4.69, 9.17) is 4.74 Å². The van der Waals surface area contributed by atoms with Crippen LogP contribution in [0.3, 0.4) is 0 Å². The van der Waals surface area contributed by atoms with Crippen molar-refractivity contribution in [1.29, 1.82) is 0 Å². The molecule has 0 aliphatic heterocycles. The predicted octanol–water partition coefficient (Wildman–Crippen LogP) is 4.38. The number of carboxylic acids is 1. The van der Waals surface area contributed by atoms with Crippen LogP contribution in [0, 0.1) is 0 Å². The average Bonchev–Trinajstić information content (AvgIpc) is 3.42. The van der Waals surface area contributed by atoms with E-state index in [2.05, 4.69) is 20.3 Å². The summed E-state index contributed by atoms with van der Waals surface area (Å²) in [6.07, 6.45) is 6.33. The molecule has 0 aliphatic carbocycles. The number of aliphatic carboxylic acids is 1. The lowest BCUT2D eigenvalue weighted by molar-refractivity contribution is -0.137. The molecule has 0 saturated heterocycles. The normalized spacial score (nSPS) is 12.0. The number of nitrogens with one attached hydrogen (secondary N) is 3. The molecule has 1 aromatic carbocycles. The molecule has 4 N–H and O–H groups in total. The Labute approximate surface area is 174 Å². The number of rotatable bonds is 10. The Hall–Kier alpha value is -3.74. The monoisotopic (exact) mass is 404 g/mol. The molecule has 0 radical (unpaired) electrons. The largest absolute Gasteiger partial charge is 0.493 e. The summed E-state index contributed by atoms with van der Waals surface area (Å²) in [6.45, 7) is 1.36. The fraction of sp³-hybridized carbons (Fsp3) is 0.217. The molecule has 0 saturated carbocycles. The molecule has 3 heterocycles. The van der Waals surface area contributed by atoms with Crippen LogP contribution in [0.4, 0.5) is 5.82 Å². The van der Waals surface area contributed by atoms with Gasteiger partial charge in [-0.3, -0.25) is 4.79 Å². The summed E-state index contributed by atoms with van der Waals surface area (Å²) < 4.78 is 5.88. The fourth-order valence-electron chi connectivity index (χ4n) is 3.57. The summed E-state index contributed by atoms with van der Waals surface area (Å²) in [5, 5.41) is 13.6. The highest BCUT2D eigenvalue weighted by molar-refractivity contribution is 5.86. The maximum atomic E-state index is 11.4. The topological polar surface area (TPSA) is 103 Å². The van der Waals surface area contributed by atoms with E-state index < -0.39 is 5.97 Å². The number of pyridine rings is 1. The molecule has 1 atom stereocenters. The quantitative estimate of drug-likeness (QED) is 0.294. The molecule has 7 heteroatoms. The van der Waals surface area contributed by atoms with Gasteiger partial charge in [-0.1, -0.05) is 6.07 Å². The Balaban J connectivity index is 1.40. The molecule has 0 amide bonds. The van der Waals surface area contributed by atoms with Crippen molar-refractivity contribution in [2.24, 2.45) is 0 Å². The Kier molecular flexibility index (Phi) is 5.98. The lowest BCUT2D eigenvalue weighted by Gasteiger charge is -2.13. The molecule has 0 spiro atoms. The third kappa shape index (κ3) is 4.63. The molecule has 4 rings (SSSR count). The molecule has 3 aromatic heterocycles. The minimum atomic E-state index is -0.830. The van der Waals surface area contributed by atoms with E-state index >= 15 is 0 Å². The summed E-state index contributed by atoms with van der Waals surface area (Å²) in [4.78, 5) is 22.0. The number of ether oxygens (including phenoxy) is 1. The van der Waals surface area contributed by atoms with Crippen LogP contribution in [0.25, 0.3) is 10.9 Å². The van der Waals surface area contributed by atoms with Crippen LogP contribution in [0.15, 0.2) is 67.1 Å². The Morgan fingerprint density at radius 2 is 2.10 bits per heavy atom. The third-order valence-electron chi connectivity index (χ3n) is 5.00. The van der Waals surface area contributed by atoms with Gasteiger partial charge < -0.3 is 25.1 Å². The number of carboxylic acid groups (broad SMARTS) is 1. The number of fused-ring (bicyclic) bond motifs is 1. The highest BCUT2D eigenvalue weighted by Crippen LogP contribution is 2.34. The van der Waals surface area contributed by atoms with Gasteiger partial charge in [0.25, 0.3) is 0 Å². The van der Waals surface area contributed by atoms with E-state index in [9.17, 15) is 9.90 Å². The van der Waals surface area contributed by atoms with Crippen LogP contribution < -0.4 is 10.1 Å². The van der Waals surface area contributed by atoms with Crippen LogP contribution in [-0.2, 0) is 4.79 Å². The molecule has 0 fully saturated rings. The second-order valence-electron chi connectivity index (χ2n) is 7.07. The summed E-state index contributed by atoms with van der Waals surface area (Å²) >= 11 is 0. The molecule has 0 aliphatic rings. The van der Waals surface area contributed by atoms with Crippen molar-refractivity contribution in [3.8, 4) is 5.75 Å². The number of carbonyl (C=O) groups is 1. The van der Waals surface area contributed by atoms with Gasteiger partial charge in [0.05, 0.1) is 13.0 Å². The minimum Gasteiger partial charge on any atom is -0.493 e. The van der Waals surface area contributed by atoms with Crippen molar-refractivity contribution in [1.82, 2.24) is 15.0 Å². The number of benzene rings is 1. The van der Waals surface area contributed by atoms with Gasteiger partial charge in [0.15, 0.2) is 0 Å². The zero-order valence-electron chi connectivity index (χ0n) is 16.5. The fourth-order valence-corrected chi connectivity index (χ4v) is 3.57. The number of hydrogen-bond acceptors (Lipinski definition) is 4. The van der Waals surface area contributed by atoms with Gasteiger partial charge in [-0.05, 0) is 48.4 Å². The first-order valence-electron chi connectivity index (χ1n) is 9.94. The van der Waals surface area contributed by atoms with Crippen LogP contribution in [0.2, 0.25) is 0 Å². The predicted molar refractivity (Wildman–Crippen MR) is 116 cm³/mol. The van der Waals surface area contributed by atoms with Gasteiger partial charge in [0.2, 0.25) is 0 Å². The molecular formula is C23H24N4O3. The summed E-state index contributed by atoms with van der Waals surface area (Å²) in [5.74, 6) is 0.568. The molecule has 4 aromatic rings. The number of H-pyrrole nitrogens is 2. The summed E-state index contributed by atoms with van der Waals surface area (Å²) in [7, 11) is 0. The van der Waals surface area contributed by atoms with E-state index in [1.54, 1.807) is 6.20 Å². The van der Waals surface area contributed by atoms with E-state index in [0.29, 0.717) is 6.61 Å². The van der Waals surface area contributed by atoms with Crippen molar-refractivity contribution in [3.05, 3.63) is 78.4 Å². The van der Waals surface area contributed by atoms with E-state index in [1.165, 1.54) is 0 Å². The van der Waals surface area contributed by atoms with Gasteiger partial charge in [-0.15, -0.1) is 0 Å². The smallest absolute Gasteiger partial charge is 0.304 e. The van der Waals surface area contributed by atoms with E-state index in [1.807, 2.05) is 60.9 Å². The van der Waals surface area contributed by atoms with Crippen molar-refractivity contribution < 1.29 is 14.6 Å². The molecular weight excluding hydrogens is 380 g/mol. The molecule has 0 bridgehead atoms. The Morgan fingerprint density at radius 3 is 2.87 bits per heavy atom. The lowest BCUT2D eigenvalue weighted by atomic mass is 9.92. The average molecular weight is 404 g/mol. The number of aromatic nitrogens is 3. The van der Waals surface area contributed by atoms with Crippen LogP contribution in [0.5, 0.6) is 5.75 Å².